The first-order valence-electron chi connectivity index (χ1n) is 46.8. The Bertz CT molecular complexity index is 3750. The molecule has 0 aliphatic carbocycles. The summed E-state index contributed by atoms with van der Waals surface area (Å²) in [6.45, 7) is -9.33. The topological polar surface area (TPSA) is 974 Å². The molecule has 0 aromatic heterocycles. The van der Waals surface area contributed by atoms with Gasteiger partial charge in [0.15, 0.2) is 101 Å². The van der Waals surface area contributed by atoms with Gasteiger partial charge in [-0.15, -0.1) is 0 Å². The minimum absolute atomic E-state index is 0.416. The molecule has 16 unspecified atom stereocenters. The summed E-state index contributed by atoms with van der Waals surface area (Å²) in [6.07, 6.45) is -111. The highest BCUT2D eigenvalue weighted by atomic mass is 16.8. The van der Waals surface area contributed by atoms with E-state index in [1.807, 2.05) is 0 Å². The molecule has 0 aromatic carbocycles. The average Bonchev–Trinajstić information content (AvgIpc) is 1.15. The molecule has 16 rings (SSSR count). The lowest BCUT2D eigenvalue weighted by Gasteiger charge is -2.46. The Morgan fingerprint density at radius 1 is 0.138 bits per heavy atom. The maximum Gasteiger partial charge on any atom is 0.187 e. The van der Waals surface area contributed by atoms with Crippen molar-refractivity contribution in [2.24, 2.45) is 0 Å². The van der Waals surface area contributed by atoms with Crippen molar-refractivity contribution >= 4 is 0 Å². The van der Waals surface area contributed by atoms with E-state index in [0.29, 0.717) is 0 Å². The molecule has 145 heavy (non-hydrogen) atoms. The normalized spacial score (nSPS) is 54.8. The number of hydrogen-bond donors (Lipinski definition) is 34. The predicted octanol–water partition coefficient (Wildman–Crippen LogP) is -25.6. The van der Waals surface area contributed by atoms with Gasteiger partial charge in [-0.1, -0.05) is 0 Å². The molecular weight excluding hydrogens is 2000 g/mol. The van der Waals surface area contributed by atoms with Gasteiger partial charge in [-0.25, -0.2) is 0 Å². The van der Waals surface area contributed by atoms with Crippen molar-refractivity contribution in [3.63, 3.8) is 0 Å². The van der Waals surface area contributed by atoms with Crippen LogP contribution in [0.1, 0.15) is 0 Å². The Kier molecular flexibility index (Phi) is 39.5. The van der Waals surface area contributed by atoms with Crippen LogP contribution in [0.3, 0.4) is 0 Å². The molecule has 0 aromatic rings. The van der Waals surface area contributed by atoms with Crippen LogP contribution in [0.15, 0.2) is 0 Å². The predicted molar refractivity (Wildman–Crippen MR) is 429 cm³/mol. The van der Waals surface area contributed by atoms with Gasteiger partial charge in [-0.2, -0.15) is 0 Å². The summed E-state index contributed by atoms with van der Waals surface area (Å²) in [4.78, 5) is 0. The van der Waals surface area contributed by atoms with Gasteiger partial charge >= 0.3 is 0 Å². The van der Waals surface area contributed by atoms with Crippen molar-refractivity contribution in [2.75, 3.05) is 106 Å². The van der Waals surface area contributed by atoms with E-state index < -0.39 is 499 Å². The molecule has 16 fully saturated rings. The fourth-order valence-electron chi connectivity index (χ4n) is 18.6. The highest BCUT2D eigenvalue weighted by Crippen LogP contribution is 2.40. The Morgan fingerprint density at radius 2 is 0.276 bits per heavy atom. The first-order valence-corrected chi connectivity index (χ1v) is 46.8. The lowest BCUT2D eigenvalue weighted by molar-refractivity contribution is -0.371. The maximum atomic E-state index is 11.2. The zero-order chi connectivity index (χ0) is 104. The van der Waals surface area contributed by atoms with Crippen LogP contribution in [0.4, 0.5) is 0 Å². The van der Waals surface area contributed by atoms with Gasteiger partial charge in [0.05, 0.1) is 106 Å². The van der Waals surface area contributed by atoms with E-state index in [1.54, 1.807) is 0 Å². The van der Waals surface area contributed by atoms with Crippen LogP contribution in [-0.4, -0.2) is 673 Å². The average molecular weight is 2130 g/mol. The lowest BCUT2D eigenvalue weighted by atomic mass is 10.0. The molecule has 16 aliphatic rings. The van der Waals surface area contributed by atoms with Gasteiger partial charge in [0.25, 0.3) is 0 Å². The molecule has 0 radical (unpaired) electrons. The zero-order valence-electron chi connectivity index (χ0n) is 76.1. The molecule has 16 heterocycles. The van der Waals surface area contributed by atoms with E-state index in [9.17, 15) is 174 Å². The van der Waals surface area contributed by atoms with Crippen molar-refractivity contribution in [3.05, 3.63) is 0 Å². The Morgan fingerprint density at radius 3 is 0.434 bits per heavy atom. The van der Waals surface area contributed by atoms with E-state index in [-0.39, 0.29) is 0 Å². The van der Waals surface area contributed by atoms with Crippen LogP contribution >= 0.6 is 0 Å². The summed E-state index contributed by atoms with van der Waals surface area (Å²) < 4.78 is 173. The molecule has 16 aliphatic heterocycles. The molecule has 0 amide bonds. The van der Waals surface area contributed by atoms with Crippen LogP contribution in [0.2, 0.25) is 0 Å². The van der Waals surface area contributed by atoms with Crippen LogP contribution in [0.25, 0.3) is 0 Å². The summed E-state index contributed by atoms with van der Waals surface area (Å²) in [5.74, 6) is 0. The van der Waals surface area contributed by atoms with Gasteiger partial charge < -0.3 is 320 Å². The first-order chi connectivity index (χ1) is 69.0. The molecule has 0 bridgehead atoms. The van der Waals surface area contributed by atoms with Crippen molar-refractivity contribution in [1.29, 1.82) is 0 Å². The second kappa shape index (κ2) is 49.9. The number of aliphatic hydroxyl groups excluding tert-OH is 34. The van der Waals surface area contributed by atoms with Gasteiger partial charge in [0, 0.05) is 0 Å². The third-order valence-corrected chi connectivity index (χ3v) is 27.6. The summed E-state index contributed by atoms with van der Waals surface area (Å²) in [7, 11) is 0. The van der Waals surface area contributed by atoms with Crippen LogP contribution in [0.5, 0.6) is 0 Å². The molecule has 0 spiro atoms. The molecular formula is C80H130O65. The van der Waals surface area contributed by atoms with E-state index in [0.717, 1.165) is 0 Å². The Balaban J connectivity index is 0.402. The molecule has 65 nitrogen and oxygen atoms in total. The smallest absolute Gasteiger partial charge is 0.187 e. The molecule has 64 atom stereocenters. The third-order valence-electron chi connectivity index (χ3n) is 27.6. The van der Waals surface area contributed by atoms with Crippen molar-refractivity contribution < 1.29 is 320 Å². The second-order valence-electron chi connectivity index (χ2n) is 37.6. The van der Waals surface area contributed by atoms with Gasteiger partial charge in [0.2, 0.25) is 0 Å². The third kappa shape index (κ3) is 25.2. The van der Waals surface area contributed by atoms with E-state index in [4.69, 9.17) is 147 Å². The number of ether oxygens (including phenoxy) is 31. The quantitative estimate of drug-likeness (QED) is 0.0306. The van der Waals surface area contributed by atoms with E-state index in [2.05, 4.69) is 0 Å². The molecule has 34 N–H and O–H groups in total. The van der Waals surface area contributed by atoms with Gasteiger partial charge in [-0.05, 0) is 0 Å². The van der Waals surface area contributed by atoms with E-state index in [1.165, 1.54) is 0 Å². The largest absolute Gasteiger partial charge is 0.394 e. The second-order valence-corrected chi connectivity index (χ2v) is 37.6. The minimum Gasteiger partial charge on any atom is -0.394 e. The molecule has 0 saturated carbocycles. The Hall–Kier alpha value is -2.60. The number of rotatable bonds is 31. The summed E-state index contributed by atoms with van der Waals surface area (Å²) in [5.41, 5.74) is 0. The number of hydrogen-bond acceptors (Lipinski definition) is 65. The Labute approximate surface area is 817 Å². The van der Waals surface area contributed by atoms with Crippen LogP contribution < -0.4 is 0 Å². The van der Waals surface area contributed by atoms with Crippen molar-refractivity contribution in [1.82, 2.24) is 0 Å². The highest BCUT2D eigenvalue weighted by molar-refractivity contribution is 5.01. The number of aliphatic hydroxyl groups is 34. The van der Waals surface area contributed by atoms with Crippen molar-refractivity contribution in [2.45, 2.75) is 394 Å². The summed E-state index contributed by atoms with van der Waals surface area (Å²) >= 11 is 0. The zero-order valence-corrected chi connectivity index (χ0v) is 76.1. The maximum absolute atomic E-state index is 11.2. The lowest BCUT2D eigenvalue weighted by Crippen LogP contribution is -2.64. The summed E-state index contributed by atoms with van der Waals surface area (Å²) in [6, 6.07) is 0. The SMILES string of the molecule is OC[C@@H]1O[C@@H](O[C@@H]2C(O)[C@H](O[C@@H]3CO[C@H](O[C@@H]4CO[C@H](O[C@@H]5CO[C@H](O[C@@H]6CO[C@H](O[C@@H]7CO[C@H](O[C@@H]8CO[C@H](O[C@@H]9CO[C@H](O[C@@H]%10CO[C@H](O[C@@H]%11CO[C@H](O[C@@H]%12CO[C@H](O[C@@H]%13CO[C@H](O[C@@H]%14CO[C@H](O[C@@H]%15CO[C@@H](O[C@@H]%16CO[C@@H](O)C(O)[C@H]%16O)C(O)[C@H]%15O)C(O)[C@H]%14O)C(O)[C@H]%13O)C(O)[C@H]%12O)C(O)[C@H]%11O)C(O)[C@H]%10O)C(O)[C@H]9O)C(O)[C@H]8O)C(O)[C@H]7O)C(O)[C@H]6O)C(O)[C@H]5O)C(O)[C@H]4O)C(O)[C@H]3O)OC[C@H]2O)C(O)[C@@H]1O. The monoisotopic (exact) mass is 2130 g/mol. The van der Waals surface area contributed by atoms with Crippen LogP contribution in [-0.2, 0) is 147 Å². The highest BCUT2D eigenvalue weighted by Gasteiger charge is 2.60. The molecule has 840 valence electrons. The molecule has 16 saturated heterocycles. The minimum atomic E-state index is -2.01. The first kappa shape index (κ1) is 115. The fourth-order valence-corrected chi connectivity index (χ4v) is 18.6. The van der Waals surface area contributed by atoms with Crippen molar-refractivity contribution in [3.8, 4) is 0 Å². The van der Waals surface area contributed by atoms with Gasteiger partial charge in [-0.3, -0.25) is 0 Å². The fraction of sp³-hybridized carbons (Fsp3) is 1.00. The summed E-state index contributed by atoms with van der Waals surface area (Å²) in [5, 5.41) is 370. The van der Waals surface area contributed by atoms with Gasteiger partial charge in [0.1, 0.15) is 293 Å². The van der Waals surface area contributed by atoms with Crippen LogP contribution in [0, 0.1) is 0 Å². The standard InChI is InChI=1S/C80H130O65/c81-1-18-33(83)62(112)80(130-18)145-64-17(82)2-116-79(63(64)113)144-32-16-129-78(61(111)47(32)97)143-31-15-128-77(60(110)46(31)96)142-30-14-127-76(59(109)45(30)95)141-29-13-126-75(58(108)44(29)94)140-28-12-125-74(57(107)43(28)93)139-27-11-124-73(56(106)42(27)92)138-26-10-123-72(55(105)41(26)91)137-25-9-122-71(54(104)40(25)90)136-24-8-121-70(53(103)39(24)89)135-23-7-120-69(52(102)38(23)88)134-22-6-119-68(51(101)37(22)87)133-21-5-118-67(50(100)36(21)86)132-20-4-117-66(49(99)35(20)85)131-19-3-115-65(114)48(98)34(19)84/h17-114H,1-16H2/t17-,18+,19-,20-,21-,22-,23-,24-,25-,26-,27-,28-,29-,30-,31-,32-,33-,34+,35+,36+,37+,38+,39+,40+,41+,42+,43+,44+,45+,46+,47+,48?,49?,50?,51?,52?,53?,54?,55?,56?,57?,58?,59?,60?,61?,62?,63?,64+,65-,66+,67-,68-,69-,70-,71-,72-,73-,74-,75-,76-,77-,78-,79+,80+/m1/s1. The van der Waals surface area contributed by atoms with E-state index >= 15 is 0 Å². The molecule has 65 heteroatoms.